The van der Waals surface area contributed by atoms with Crippen LogP contribution in [0, 0.1) is 0 Å². The number of halogens is 3. The highest BCUT2D eigenvalue weighted by Gasteiger charge is 2.28. The molecule has 0 aliphatic heterocycles. The number of thiazole rings is 1. The van der Waals surface area contributed by atoms with Gasteiger partial charge in [0.05, 0.1) is 10.6 Å². The van der Waals surface area contributed by atoms with Crippen LogP contribution in [0.15, 0.2) is 59.1 Å². The highest BCUT2D eigenvalue weighted by Crippen LogP contribution is 2.26. The maximum absolute atomic E-state index is 12.5. The Morgan fingerprint density at radius 1 is 1.14 bits per heavy atom. The van der Waals surface area contributed by atoms with Crippen LogP contribution in [0.4, 0.5) is 18.3 Å². The molecule has 0 radical (unpaired) electrons. The highest BCUT2D eigenvalue weighted by molar-refractivity contribution is 7.93. The van der Waals surface area contributed by atoms with E-state index < -0.39 is 28.7 Å². The van der Waals surface area contributed by atoms with Crippen molar-refractivity contribution in [1.82, 2.24) is 15.3 Å². The van der Waals surface area contributed by atoms with E-state index in [1.165, 1.54) is 0 Å². The number of amides is 1. The molecule has 1 aromatic carbocycles. The molecule has 0 saturated heterocycles. The third kappa shape index (κ3) is 5.51. The van der Waals surface area contributed by atoms with Crippen molar-refractivity contribution in [3.05, 3.63) is 59.7 Å². The number of aromatic nitrogens is 2. The fourth-order valence-electron chi connectivity index (χ4n) is 2.21. The SMILES string of the molecule is O=C(NCC(F)(F)F)c1ccc(S(=O)(=O)Nc2nc(-c3cccnc3)cs2)cc1. The van der Waals surface area contributed by atoms with Gasteiger partial charge >= 0.3 is 6.18 Å². The maximum Gasteiger partial charge on any atom is 0.405 e. The van der Waals surface area contributed by atoms with Gasteiger partial charge in [-0.1, -0.05) is 0 Å². The zero-order chi connectivity index (χ0) is 21.1. The first-order chi connectivity index (χ1) is 13.6. The van der Waals surface area contributed by atoms with Crippen molar-refractivity contribution in [3.63, 3.8) is 0 Å². The second kappa shape index (κ2) is 8.17. The second-order valence-corrected chi connectivity index (χ2v) is 8.25. The van der Waals surface area contributed by atoms with E-state index >= 15 is 0 Å². The maximum atomic E-state index is 12.5. The largest absolute Gasteiger partial charge is 0.405 e. The third-order valence-electron chi connectivity index (χ3n) is 3.56. The minimum absolute atomic E-state index is 0.0960. The van der Waals surface area contributed by atoms with Crippen LogP contribution in [0.3, 0.4) is 0 Å². The van der Waals surface area contributed by atoms with E-state index in [9.17, 15) is 26.4 Å². The molecule has 0 fully saturated rings. The monoisotopic (exact) mass is 442 g/mol. The Hall–Kier alpha value is -2.99. The summed E-state index contributed by atoms with van der Waals surface area (Å²) in [7, 11) is -3.99. The van der Waals surface area contributed by atoms with Crippen LogP contribution in [-0.2, 0) is 10.0 Å². The third-order valence-corrected chi connectivity index (χ3v) is 5.80. The zero-order valence-electron chi connectivity index (χ0n) is 14.5. The first-order valence-electron chi connectivity index (χ1n) is 7.98. The second-order valence-electron chi connectivity index (χ2n) is 5.71. The molecule has 0 atom stereocenters. The van der Waals surface area contributed by atoms with Crippen molar-refractivity contribution < 1.29 is 26.4 Å². The molecule has 0 aliphatic carbocycles. The fourth-order valence-corrected chi connectivity index (χ4v) is 4.18. The molecule has 0 spiro atoms. The first-order valence-corrected chi connectivity index (χ1v) is 10.3. The van der Waals surface area contributed by atoms with Crippen LogP contribution in [0.5, 0.6) is 0 Å². The minimum Gasteiger partial charge on any atom is -0.343 e. The van der Waals surface area contributed by atoms with E-state index in [2.05, 4.69) is 14.7 Å². The number of rotatable bonds is 6. The lowest BCUT2D eigenvalue weighted by Crippen LogP contribution is -2.33. The Morgan fingerprint density at radius 2 is 1.86 bits per heavy atom. The van der Waals surface area contributed by atoms with E-state index in [-0.39, 0.29) is 15.6 Å². The summed E-state index contributed by atoms with van der Waals surface area (Å²) in [6.07, 6.45) is -1.34. The number of pyridine rings is 1. The van der Waals surface area contributed by atoms with Gasteiger partial charge in [0.15, 0.2) is 5.13 Å². The van der Waals surface area contributed by atoms with E-state index in [1.54, 1.807) is 35.2 Å². The normalized spacial score (nSPS) is 11.8. The van der Waals surface area contributed by atoms with Gasteiger partial charge in [0, 0.05) is 28.9 Å². The van der Waals surface area contributed by atoms with E-state index in [1.807, 2.05) is 0 Å². The van der Waals surface area contributed by atoms with E-state index in [4.69, 9.17) is 0 Å². The predicted octanol–water partition coefficient (Wildman–Crippen LogP) is 3.30. The number of carbonyl (C=O) groups excluding carboxylic acids is 1. The van der Waals surface area contributed by atoms with Gasteiger partial charge in [0.2, 0.25) is 0 Å². The lowest BCUT2D eigenvalue weighted by atomic mass is 10.2. The number of hydrogen-bond acceptors (Lipinski definition) is 6. The summed E-state index contributed by atoms with van der Waals surface area (Å²) in [6.45, 7) is -1.48. The van der Waals surface area contributed by atoms with Gasteiger partial charge in [0.25, 0.3) is 15.9 Å². The molecule has 29 heavy (non-hydrogen) atoms. The van der Waals surface area contributed by atoms with Crippen LogP contribution in [-0.4, -0.2) is 37.0 Å². The van der Waals surface area contributed by atoms with Crippen molar-refractivity contribution in [3.8, 4) is 11.3 Å². The first kappa shape index (κ1) is 20.7. The lowest BCUT2D eigenvalue weighted by molar-refractivity contribution is -0.123. The van der Waals surface area contributed by atoms with Crippen LogP contribution in [0.25, 0.3) is 11.3 Å². The molecule has 0 saturated carbocycles. The smallest absolute Gasteiger partial charge is 0.343 e. The van der Waals surface area contributed by atoms with Crippen LogP contribution < -0.4 is 10.0 Å². The molecule has 3 aromatic rings. The van der Waals surface area contributed by atoms with Gasteiger partial charge in [-0.05, 0) is 36.4 Å². The average Bonchev–Trinajstić information content (AvgIpc) is 3.14. The topological polar surface area (TPSA) is 101 Å². The van der Waals surface area contributed by atoms with Gasteiger partial charge in [-0.3, -0.25) is 14.5 Å². The van der Waals surface area contributed by atoms with Gasteiger partial charge in [-0.15, -0.1) is 11.3 Å². The number of anilines is 1. The number of nitrogens with zero attached hydrogens (tertiary/aromatic N) is 2. The van der Waals surface area contributed by atoms with Gasteiger partial charge in [-0.2, -0.15) is 13.2 Å². The van der Waals surface area contributed by atoms with Crippen molar-refractivity contribution >= 4 is 32.4 Å². The van der Waals surface area contributed by atoms with Crippen molar-refractivity contribution in [2.75, 3.05) is 11.3 Å². The van der Waals surface area contributed by atoms with Gasteiger partial charge in [0.1, 0.15) is 6.54 Å². The van der Waals surface area contributed by atoms with Crippen LogP contribution >= 0.6 is 11.3 Å². The molecule has 0 bridgehead atoms. The summed E-state index contributed by atoms with van der Waals surface area (Å²) >= 11 is 1.08. The molecule has 12 heteroatoms. The van der Waals surface area contributed by atoms with Crippen LogP contribution in [0.2, 0.25) is 0 Å². The molecular weight excluding hydrogens is 429 g/mol. The lowest BCUT2D eigenvalue weighted by Gasteiger charge is -2.09. The summed E-state index contributed by atoms with van der Waals surface area (Å²) in [6, 6.07) is 8.02. The molecule has 2 N–H and O–H groups in total. The Balaban J connectivity index is 1.70. The van der Waals surface area contributed by atoms with Crippen LogP contribution in [0.1, 0.15) is 10.4 Å². The van der Waals surface area contributed by atoms with Crippen molar-refractivity contribution in [1.29, 1.82) is 0 Å². The number of alkyl halides is 3. The number of benzene rings is 1. The minimum atomic E-state index is -4.54. The summed E-state index contributed by atoms with van der Waals surface area (Å²) in [5.74, 6) is -0.958. The number of hydrogen-bond donors (Lipinski definition) is 2. The quantitative estimate of drug-likeness (QED) is 0.610. The molecule has 2 aromatic heterocycles. The number of sulfonamides is 1. The van der Waals surface area contributed by atoms with E-state index in [0.717, 1.165) is 41.2 Å². The summed E-state index contributed by atoms with van der Waals surface area (Å²) in [4.78, 5) is 19.7. The Bertz CT molecular complexity index is 1100. The molecular formula is C17H13F3N4O3S2. The average molecular weight is 442 g/mol. The summed E-state index contributed by atoms with van der Waals surface area (Å²) < 4.78 is 63.8. The van der Waals surface area contributed by atoms with Gasteiger partial charge in [-0.25, -0.2) is 13.4 Å². The fraction of sp³-hybridized carbons (Fsp3) is 0.118. The standard InChI is InChI=1S/C17H13F3N4O3S2/c18-17(19,20)10-22-15(25)11-3-5-13(6-4-11)29(26,27)24-16-23-14(9-28-16)12-2-1-7-21-8-12/h1-9H,10H2,(H,22,25)(H,23,24). The molecule has 7 nitrogen and oxygen atoms in total. The highest BCUT2D eigenvalue weighted by atomic mass is 32.2. The number of nitrogens with one attached hydrogen (secondary N) is 2. The molecule has 3 rings (SSSR count). The van der Waals surface area contributed by atoms with Crippen molar-refractivity contribution in [2.24, 2.45) is 0 Å². The molecule has 0 unspecified atom stereocenters. The zero-order valence-corrected chi connectivity index (χ0v) is 16.1. The van der Waals surface area contributed by atoms with Gasteiger partial charge < -0.3 is 5.32 Å². The predicted molar refractivity (Wildman–Crippen MR) is 101 cm³/mol. The molecule has 0 aliphatic rings. The summed E-state index contributed by atoms with van der Waals surface area (Å²) in [5, 5.41) is 3.52. The Morgan fingerprint density at radius 3 is 2.48 bits per heavy atom. The molecule has 1 amide bonds. The summed E-state index contributed by atoms with van der Waals surface area (Å²) in [5.41, 5.74) is 1.18. The molecule has 152 valence electrons. The number of carbonyl (C=O) groups is 1. The Kier molecular flexibility index (Phi) is 5.84. The Labute approximate surface area is 167 Å². The molecule has 2 heterocycles. The van der Waals surface area contributed by atoms with E-state index in [0.29, 0.717) is 5.69 Å². The van der Waals surface area contributed by atoms with Crippen molar-refractivity contribution in [2.45, 2.75) is 11.1 Å².